The third-order valence-electron chi connectivity index (χ3n) is 9.76. The Morgan fingerprint density at radius 2 is 0.812 bits per heavy atom. The summed E-state index contributed by atoms with van der Waals surface area (Å²) in [5.41, 5.74) is 12.0. The van der Waals surface area contributed by atoms with Crippen molar-refractivity contribution in [3.8, 4) is 44.5 Å². The Morgan fingerprint density at radius 3 is 1.46 bits per heavy atom. The summed E-state index contributed by atoms with van der Waals surface area (Å²) in [6, 6.07) is 58.3. The summed E-state index contributed by atoms with van der Waals surface area (Å²) >= 11 is 0. The summed E-state index contributed by atoms with van der Waals surface area (Å²) in [4.78, 5) is 0. The Labute approximate surface area is 277 Å². The molecule has 0 aliphatic carbocycles. The highest BCUT2D eigenvalue weighted by Gasteiger charge is 2.20. The van der Waals surface area contributed by atoms with Gasteiger partial charge in [-0.1, -0.05) is 140 Å². The van der Waals surface area contributed by atoms with Crippen LogP contribution in [0.25, 0.3) is 99.0 Å². The normalized spacial score (nSPS) is 11.8. The first-order valence-corrected chi connectivity index (χ1v) is 16.3. The van der Waals surface area contributed by atoms with Crippen molar-refractivity contribution in [2.75, 3.05) is 0 Å². The third kappa shape index (κ3) is 4.06. The molecule has 10 rings (SSSR count). The highest BCUT2D eigenvalue weighted by Crippen LogP contribution is 2.46. The minimum Gasteiger partial charge on any atom is -0.464 e. The molecule has 2 heterocycles. The van der Waals surface area contributed by atoms with Crippen LogP contribution in [0.4, 0.5) is 0 Å². The largest absolute Gasteiger partial charge is 0.464 e. The molecule has 0 spiro atoms. The van der Waals surface area contributed by atoms with Crippen LogP contribution in [0.5, 0.6) is 0 Å². The van der Waals surface area contributed by atoms with Crippen molar-refractivity contribution in [2.45, 2.75) is 0 Å². The van der Waals surface area contributed by atoms with E-state index in [0.29, 0.717) is 0 Å². The predicted molar refractivity (Wildman–Crippen MR) is 200 cm³/mol. The number of fused-ring (bicyclic) bond motifs is 7. The monoisotopic (exact) mass is 612 g/mol. The van der Waals surface area contributed by atoms with Gasteiger partial charge in [-0.25, -0.2) is 0 Å². The molecule has 2 heteroatoms. The fourth-order valence-electron chi connectivity index (χ4n) is 7.59. The van der Waals surface area contributed by atoms with Crippen molar-refractivity contribution in [3.05, 3.63) is 170 Å². The Kier molecular flexibility index (Phi) is 5.91. The number of hydrogen-bond donors (Lipinski definition) is 0. The molecule has 0 bridgehead atoms. The van der Waals surface area contributed by atoms with Gasteiger partial charge in [-0.2, -0.15) is 0 Å². The van der Waals surface area contributed by atoms with E-state index in [1.54, 1.807) is 0 Å². The van der Waals surface area contributed by atoms with E-state index < -0.39 is 0 Å². The first-order valence-electron chi connectivity index (χ1n) is 16.3. The maximum Gasteiger partial charge on any atom is 0.136 e. The molecule has 2 nitrogen and oxygen atoms in total. The maximum absolute atomic E-state index is 6.61. The molecular formula is C46H28O2. The van der Waals surface area contributed by atoms with Crippen molar-refractivity contribution < 1.29 is 8.83 Å². The lowest BCUT2D eigenvalue weighted by atomic mass is 9.85. The smallest absolute Gasteiger partial charge is 0.136 e. The summed E-state index contributed by atoms with van der Waals surface area (Å²) < 4.78 is 12.7. The molecule has 0 N–H and O–H groups in total. The van der Waals surface area contributed by atoms with Crippen LogP contribution in [-0.2, 0) is 0 Å². The summed E-state index contributed by atoms with van der Waals surface area (Å²) in [7, 11) is 0. The standard InChI is InChI=1S/C46H28O2/c1-3-11-29(12-4-1)30-19-21-32(22-20-30)43-34-15-7-9-17-36(34)44(37-18-10-8-16-35(37)43)33-23-24-38-42(27-33)48-41-26-25-40-46(45(38)41)39(28-47-40)31-13-5-2-6-14-31/h1-28H. The van der Waals surface area contributed by atoms with E-state index in [1.807, 2.05) is 24.5 Å². The lowest BCUT2D eigenvalue weighted by Crippen LogP contribution is -1.91. The van der Waals surface area contributed by atoms with Gasteiger partial charge in [0.05, 0.1) is 6.26 Å². The van der Waals surface area contributed by atoms with Crippen LogP contribution in [0.15, 0.2) is 179 Å². The van der Waals surface area contributed by atoms with E-state index in [4.69, 9.17) is 8.83 Å². The van der Waals surface area contributed by atoms with E-state index in [1.165, 1.54) is 49.4 Å². The van der Waals surface area contributed by atoms with Crippen LogP contribution < -0.4 is 0 Å². The molecule has 0 unspecified atom stereocenters. The fourth-order valence-corrected chi connectivity index (χ4v) is 7.59. The Balaban J connectivity index is 1.19. The van der Waals surface area contributed by atoms with E-state index in [9.17, 15) is 0 Å². The predicted octanol–water partition coefficient (Wildman–Crippen LogP) is 13.3. The van der Waals surface area contributed by atoms with Crippen molar-refractivity contribution >= 4 is 54.5 Å². The van der Waals surface area contributed by atoms with Crippen molar-refractivity contribution in [1.29, 1.82) is 0 Å². The second-order valence-electron chi connectivity index (χ2n) is 12.4. The first-order chi connectivity index (χ1) is 23.8. The number of furan rings is 2. The van der Waals surface area contributed by atoms with E-state index in [2.05, 4.69) is 146 Å². The van der Waals surface area contributed by atoms with Gasteiger partial charge in [0.15, 0.2) is 0 Å². The summed E-state index contributed by atoms with van der Waals surface area (Å²) in [6.45, 7) is 0. The van der Waals surface area contributed by atoms with Gasteiger partial charge in [0, 0.05) is 21.7 Å². The minimum atomic E-state index is 0.859. The summed E-state index contributed by atoms with van der Waals surface area (Å²) in [6.07, 6.45) is 1.86. The fraction of sp³-hybridized carbons (Fsp3) is 0. The van der Waals surface area contributed by atoms with Gasteiger partial charge in [-0.3, -0.25) is 0 Å². The van der Waals surface area contributed by atoms with Gasteiger partial charge in [-0.15, -0.1) is 0 Å². The molecule has 0 radical (unpaired) electrons. The molecule has 0 fully saturated rings. The molecule has 0 saturated carbocycles. The molecule has 8 aromatic carbocycles. The molecule has 0 aliphatic rings. The van der Waals surface area contributed by atoms with Gasteiger partial charge in [0.2, 0.25) is 0 Å². The molecule has 0 saturated heterocycles. The van der Waals surface area contributed by atoms with Crippen LogP contribution in [-0.4, -0.2) is 0 Å². The van der Waals surface area contributed by atoms with Crippen LogP contribution in [0.2, 0.25) is 0 Å². The summed E-state index contributed by atoms with van der Waals surface area (Å²) in [5.74, 6) is 0. The Bertz CT molecular complexity index is 2750. The second-order valence-corrected chi connectivity index (χ2v) is 12.4. The molecule has 0 atom stereocenters. The number of rotatable bonds is 4. The molecular weight excluding hydrogens is 585 g/mol. The lowest BCUT2D eigenvalue weighted by molar-refractivity contribution is 0.616. The number of benzene rings is 8. The van der Waals surface area contributed by atoms with Crippen molar-refractivity contribution in [3.63, 3.8) is 0 Å². The lowest BCUT2D eigenvalue weighted by Gasteiger charge is -2.18. The molecule has 0 aliphatic heterocycles. The Hall–Kier alpha value is -6.38. The average molecular weight is 613 g/mol. The van der Waals surface area contributed by atoms with Crippen LogP contribution in [0.3, 0.4) is 0 Å². The summed E-state index contributed by atoms with van der Waals surface area (Å²) in [5, 5.41) is 8.16. The maximum atomic E-state index is 6.61. The van der Waals surface area contributed by atoms with Crippen molar-refractivity contribution in [2.24, 2.45) is 0 Å². The topological polar surface area (TPSA) is 26.3 Å². The minimum absolute atomic E-state index is 0.859. The third-order valence-corrected chi connectivity index (χ3v) is 9.76. The SMILES string of the molecule is c1ccc(-c2ccc(-c3c4ccccc4c(-c4ccc5c(c4)oc4ccc6occ(-c7ccccc7)c6c45)c4ccccc34)cc2)cc1. The van der Waals surface area contributed by atoms with Gasteiger partial charge in [-0.05, 0) is 84.8 Å². The van der Waals surface area contributed by atoms with E-state index in [0.717, 1.165) is 49.6 Å². The molecule has 48 heavy (non-hydrogen) atoms. The highest BCUT2D eigenvalue weighted by atomic mass is 16.3. The molecule has 224 valence electrons. The molecule has 2 aromatic heterocycles. The second kappa shape index (κ2) is 10.6. The Morgan fingerprint density at radius 1 is 0.312 bits per heavy atom. The molecule has 10 aromatic rings. The molecule has 0 amide bonds. The van der Waals surface area contributed by atoms with Crippen LogP contribution in [0, 0.1) is 0 Å². The zero-order valence-electron chi connectivity index (χ0n) is 26.0. The van der Waals surface area contributed by atoms with Gasteiger partial charge >= 0.3 is 0 Å². The number of hydrogen-bond acceptors (Lipinski definition) is 2. The van der Waals surface area contributed by atoms with Gasteiger partial charge in [0.1, 0.15) is 16.7 Å². The van der Waals surface area contributed by atoms with Gasteiger partial charge < -0.3 is 8.83 Å². The zero-order chi connectivity index (χ0) is 31.6. The highest BCUT2D eigenvalue weighted by molar-refractivity contribution is 6.24. The quantitative estimate of drug-likeness (QED) is 0.185. The van der Waals surface area contributed by atoms with Crippen molar-refractivity contribution in [1.82, 2.24) is 0 Å². The zero-order valence-corrected chi connectivity index (χ0v) is 26.0. The van der Waals surface area contributed by atoms with Gasteiger partial charge in [0.25, 0.3) is 0 Å². The van der Waals surface area contributed by atoms with E-state index >= 15 is 0 Å². The van der Waals surface area contributed by atoms with Crippen LogP contribution >= 0.6 is 0 Å². The first kappa shape index (κ1) is 26.8. The average Bonchev–Trinajstić information content (AvgIpc) is 3.76. The van der Waals surface area contributed by atoms with E-state index in [-0.39, 0.29) is 0 Å². The van der Waals surface area contributed by atoms with Crippen LogP contribution in [0.1, 0.15) is 0 Å².